The first-order chi connectivity index (χ1) is 5.97. The first-order valence-corrected chi connectivity index (χ1v) is 4.07. The van der Waals surface area contributed by atoms with E-state index >= 15 is 0 Å². The van der Waals surface area contributed by atoms with Crippen molar-refractivity contribution in [1.82, 2.24) is 12.3 Å². The van der Waals surface area contributed by atoms with Crippen LogP contribution in [0.3, 0.4) is 0 Å². The van der Waals surface area contributed by atoms with Crippen molar-refractivity contribution in [2.24, 2.45) is 0 Å². The van der Waals surface area contributed by atoms with Gasteiger partial charge in [-0.05, 0) is 11.1 Å². The van der Waals surface area contributed by atoms with Crippen molar-refractivity contribution in [3.8, 4) is 11.1 Å². The quantitative estimate of drug-likeness (QED) is 0.716. The smallest absolute Gasteiger partial charge is 0.0184 e. The van der Waals surface area contributed by atoms with E-state index in [-0.39, 0.29) is 12.3 Å². The molecule has 0 aliphatic heterocycles. The molecule has 0 spiro atoms. The minimum atomic E-state index is 0. The van der Waals surface area contributed by atoms with Crippen molar-refractivity contribution in [2.75, 3.05) is 0 Å². The average Bonchev–Trinajstić information content (AvgIpc) is 2.21. The van der Waals surface area contributed by atoms with E-state index in [1.54, 1.807) is 0 Å². The molecule has 2 heteroatoms. The Morgan fingerprint density at radius 2 is 0.714 bits per heavy atom. The Kier molecular flexibility index (Phi) is 5.22. The van der Waals surface area contributed by atoms with Crippen molar-refractivity contribution in [3.05, 3.63) is 60.7 Å². The molecule has 0 aliphatic rings. The third-order valence-corrected chi connectivity index (χ3v) is 1.88. The molecule has 0 bridgehead atoms. The standard InChI is InChI=1S/C12H10.2H3N/c1-3-7-11(8-4-1)12-9-5-2-6-10-12;;/h1-10H;2*1H3. The van der Waals surface area contributed by atoms with Gasteiger partial charge < -0.3 is 12.3 Å². The third-order valence-electron chi connectivity index (χ3n) is 1.88. The second kappa shape index (κ2) is 5.91. The van der Waals surface area contributed by atoms with Crippen LogP contribution in [0.4, 0.5) is 0 Å². The minimum absolute atomic E-state index is 0. The Bertz CT molecular complexity index is 306. The second-order valence-corrected chi connectivity index (χ2v) is 2.73. The van der Waals surface area contributed by atoms with E-state index in [4.69, 9.17) is 0 Å². The van der Waals surface area contributed by atoms with Crippen LogP contribution in [-0.2, 0) is 0 Å². The highest BCUT2D eigenvalue weighted by molar-refractivity contribution is 5.62. The van der Waals surface area contributed by atoms with Crippen LogP contribution in [-0.4, -0.2) is 0 Å². The molecule has 0 fully saturated rings. The lowest BCUT2D eigenvalue weighted by Gasteiger charge is -1.98. The Hall–Kier alpha value is -1.64. The predicted octanol–water partition coefficient (Wildman–Crippen LogP) is 3.68. The molecule has 2 rings (SSSR count). The molecule has 0 saturated carbocycles. The van der Waals surface area contributed by atoms with Crippen LogP contribution in [0, 0.1) is 0 Å². The molecular formula is C12H16N2. The van der Waals surface area contributed by atoms with Gasteiger partial charge in [-0.3, -0.25) is 0 Å². The molecule has 0 aromatic heterocycles. The van der Waals surface area contributed by atoms with Gasteiger partial charge in [-0.25, -0.2) is 0 Å². The van der Waals surface area contributed by atoms with Gasteiger partial charge in [-0.2, -0.15) is 0 Å². The van der Waals surface area contributed by atoms with Crippen molar-refractivity contribution in [2.45, 2.75) is 0 Å². The van der Waals surface area contributed by atoms with Gasteiger partial charge in [-0.1, -0.05) is 60.7 Å². The summed E-state index contributed by atoms with van der Waals surface area (Å²) in [5.41, 5.74) is 2.55. The van der Waals surface area contributed by atoms with Crippen LogP contribution in [0.5, 0.6) is 0 Å². The highest BCUT2D eigenvalue weighted by atomic mass is 14.0. The molecule has 0 saturated heterocycles. The fourth-order valence-corrected chi connectivity index (χ4v) is 1.26. The summed E-state index contributed by atoms with van der Waals surface area (Å²) < 4.78 is 0. The molecule has 0 heterocycles. The van der Waals surface area contributed by atoms with E-state index in [1.807, 2.05) is 12.1 Å². The van der Waals surface area contributed by atoms with Crippen LogP contribution >= 0.6 is 0 Å². The number of hydrogen-bond donors (Lipinski definition) is 2. The van der Waals surface area contributed by atoms with Gasteiger partial charge in [0.2, 0.25) is 0 Å². The maximum atomic E-state index is 2.12. The lowest BCUT2D eigenvalue weighted by molar-refractivity contribution is 1.62. The monoisotopic (exact) mass is 188 g/mol. The van der Waals surface area contributed by atoms with Crippen LogP contribution in [0.25, 0.3) is 11.1 Å². The Morgan fingerprint density at radius 1 is 0.429 bits per heavy atom. The zero-order chi connectivity index (χ0) is 8.23. The molecule has 0 radical (unpaired) electrons. The van der Waals surface area contributed by atoms with Gasteiger partial charge in [-0.15, -0.1) is 0 Å². The lowest BCUT2D eigenvalue weighted by Crippen LogP contribution is -1.73. The third kappa shape index (κ3) is 2.69. The van der Waals surface area contributed by atoms with Crippen molar-refractivity contribution >= 4 is 0 Å². The van der Waals surface area contributed by atoms with E-state index in [1.165, 1.54) is 11.1 Å². The zero-order valence-corrected chi connectivity index (χ0v) is 8.19. The molecule has 0 atom stereocenters. The van der Waals surface area contributed by atoms with Gasteiger partial charge in [0.1, 0.15) is 0 Å². The van der Waals surface area contributed by atoms with Crippen LogP contribution < -0.4 is 12.3 Å². The summed E-state index contributed by atoms with van der Waals surface area (Å²) in [6, 6.07) is 20.8. The van der Waals surface area contributed by atoms with Crippen LogP contribution in [0.1, 0.15) is 0 Å². The largest absolute Gasteiger partial charge is 0.344 e. The maximum absolute atomic E-state index is 2.12. The molecule has 74 valence electrons. The van der Waals surface area contributed by atoms with Gasteiger partial charge in [0.05, 0.1) is 0 Å². The Morgan fingerprint density at radius 3 is 1.00 bits per heavy atom. The number of benzene rings is 2. The van der Waals surface area contributed by atoms with Crippen molar-refractivity contribution < 1.29 is 0 Å². The van der Waals surface area contributed by atoms with Gasteiger partial charge >= 0.3 is 0 Å². The van der Waals surface area contributed by atoms with Crippen LogP contribution in [0.15, 0.2) is 60.7 Å². The molecule has 2 aromatic rings. The molecule has 6 N–H and O–H groups in total. The highest BCUT2D eigenvalue weighted by Gasteiger charge is 1.91. The van der Waals surface area contributed by atoms with Crippen molar-refractivity contribution in [1.29, 1.82) is 0 Å². The maximum Gasteiger partial charge on any atom is -0.0184 e. The molecule has 0 aliphatic carbocycles. The lowest BCUT2D eigenvalue weighted by atomic mass is 10.1. The zero-order valence-electron chi connectivity index (χ0n) is 8.19. The SMILES string of the molecule is N.N.c1ccc(-c2ccccc2)cc1. The van der Waals surface area contributed by atoms with E-state index in [0.29, 0.717) is 0 Å². The summed E-state index contributed by atoms with van der Waals surface area (Å²) in [6.07, 6.45) is 0. The van der Waals surface area contributed by atoms with E-state index in [2.05, 4.69) is 48.5 Å². The summed E-state index contributed by atoms with van der Waals surface area (Å²) in [7, 11) is 0. The van der Waals surface area contributed by atoms with Gasteiger partial charge in [0.15, 0.2) is 0 Å². The Balaban J connectivity index is 0.000000845. The Labute approximate surface area is 84.8 Å². The molecular weight excluding hydrogens is 172 g/mol. The summed E-state index contributed by atoms with van der Waals surface area (Å²) in [4.78, 5) is 0. The van der Waals surface area contributed by atoms with Crippen LogP contribution in [0.2, 0.25) is 0 Å². The predicted molar refractivity (Wildman–Crippen MR) is 61.9 cm³/mol. The number of hydrogen-bond acceptors (Lipinski definition) is 2. The minimum Gasteiger partial charge on any atom is -0.344 e. The first-order valence-electron chi connectivity index (χ1n) is 4.07. The molecule has 2 aromatic carbocycles. The normalized spacial score (nSPS) is 8.29. The van der Waals surface area contributed by atoms with E-state index in [9.17, 15) is 0 Å². The van der Waals surface area contributed by atoms with E-state index in [0.717, 1.165) is 0 Å². The van der Waals surface area contributed by atoms with E-state index < -0.39 is 0 Å². The average molecular weight is 188 g/mol. The molecule has 0 amide bonds. The van der Waals surface area contributed by atoms with Gasteiger partial charge in [0, 0.05) is 0 Å². The topological polar surface area (TPSA) is 70.0 Å². The first kappa shape index (κ1) is 12.4. The molecule has 0 unspecified atom stereocenters. The molecule has 14 heavy (non-hydrogen) atoms. The molecule has 2 nitrogen and oxygen atoms in total. The highest BCUT2D eigenvalue weighted by Crippen LogP contribution is 2.17. The fourth-order valence-electron chi connectivity index (χ4n) is 1.26. The summed E-state index contributed by atoms with van der Waals surface area (Å²) in [6.45, 7) is 0. The summed E-state index contributed by atoms with van der Waals surface area (Å²) >= 11 is 0. The number of rotatable bonds is 1. The fraction of sp³-hybridized carbons (Fsp3) is 0. The van der Waals surface area contributed by atoms with Gasteiger partial charge in [0.25, 0.3) is 0 Å². The van der Waals surface area contributed by atoms with Crippen molar-refractivity contribution in [3.63, 3.8) is 0 Å². The summed E-state index contributed by atoms with van der Waals surface area (Å²) in [5.74, 6) is 0. The second-order valence-electron chi connectivity index (χ2n) is 2.73. The summed E-state index contributed by atoms with van der Waals surface area (Å²) in [5, 5.41) is 0.